The molecule has 110 valence electrons. The lowest BCUT2D eigenvalue weighted by molar-refractivity contribution is -0.117. The molecule has 1 saturated heterocycles. The number of primary sulfonamides is 1. The number of anilines is 1. The van der Waals surface area contributed by atoms with E-state index in [0.29, 0.717) is 11.4 Å². The van der Waals surface area contributed by atoms with Crippen LogP contribution in [0.25, 0.3) is 0 Å². The summed E-state index contributed by atoms with van der Waals surface area (Å²) in [6, 6.07) is 7.08. The van der Waals surface area contributed by atoms with Gasteiger partial charge in [0.1, 0.15) is 11.0 Å². The lowest BCUT2D eigenvalue weighted by atomic mass is 10.2. The van der Waals surface area contributed by atoms with E-state index in [1.807, 2.05) is 13.8 Å². The fourth-order valence-electron chi connectivity index (χ4n) is 2.16. The van der Waals surface area contributed by atoms with Gasteiger partial charge in [-0.15, -0.1) is 0 Å². The Hall–Kier alpha value is -1.60. The molecule has 0 aliphatic carbocycles. The first-order valence-electron chi connectivity index (χ1n) is 6.36. The molecule has 0 aromatic heterocycles. The van der Waals surface area contributed by atoms with E-state index in [4.69, 9.17) is 9.88 Å². The van der Waals surface area contributed by atoms with Crippen LogP contribution in [-0.4, -0.2) is 32.2 Å². The maximum atomic E-state index is 12.0. The van der Waals surface area contributed by atoms with Crippen molar-refractivity contribution < 1.29 is 17.9 Å². The Morgan fingerprint density at radius 1 is 1.35 bits per heavy atom. The maximum absolute atomic E-state index is 12.0. The normalized spacial score (nSPS) is 19.7. The topological polar surface area (TPSA) is 89.7 Å². The number of nitrogens with two attached hydrogens (primary N) is 1. The molecule has 7 heteroatoms. The Balaban J connectivity index is 2.31. The van der Waals surface area contributed by atoms with Crippen LogP contribution in [0, 0.1) is 0 Å². The highest BCUT2D eigenvalue weighted by atomic mass is 32.2. The third-order valence-electron chi connectivity index (χ3n) is 3.07. The van der Waals surface area contributed by atoms with Crippen molar-refractivity contribution in [1.29, 1.82) is 0 Å². The number of carbonyl (C=O) groups is 1. The Kier molecular flexibility index (Phi) is 4.01. The number of rotatable bonds is 4. The van der Waals surface area contributed by atoms with Crippen molar-refractivity contribution >= 4 is 21.6 Å². The van der Waals surface area contributed by atoms with E-state index >= 15 is 0 Å². The highest BCUT2D eigenvalue weighted by Gasteiger charge is 2.38. The molecule has 0 spiro atoms. The molecule has 2 N–H and O–H groups in total. The van der Waals surface area contributed by atoms with Gasteiger partial charge in [0, 0.05) is 13.0 Å². The van der Waals surface area contributed by atoms with Gasteiger partial charge in [0.25, 0.3) is 0 Å². The zero-order valence-electron chi connectivity index (χ0n) is 11.4. The predicted molar refractivity (Wildman–Crippen MR) is 76.1 cm³/mol. The van der Waals surface area contributed by atoms with E-state index in [0.717, 1.165) is 0 Å². The second kappa shape index (κ2) is 5.41. The lowest BCUT2D eigenvalue weighted by Gasteiger charge is -2.21. The van der Waals surface area contributed by atoms with Crippen LogP contribution in [0.5, 0.6) is 5.75 Å². The summed E-state index contributed by atoms with van der Waals surface area (Å²) >= 11 is 0. The van der Waals surface area contributed by atoms with E-state index in [2.05, 4.69) is 0 Å². The van der Waals surface area contributed by atoms with Gasteiger partial charge < -0.3 is 9.64 Å². The van der Waals surface area contributed by atoms with Crippen molar-refractivity contribution in [1.82, 2.24) is 0 Å². The fourth-order valence-corrected chi connectivity index (χ4v) is 2.89. The molecular formula is C13H18N2O4S. The van der Waals surface area contributed by atoms with Gasteiger partial charge >= 0.3 is 0 Å². The molecule has 1 fully saturated rings. The lowest BCUT2D eigenvalue weighted by Crippen LogP contribution is -2.32. The Labute approximate surface area is 118 Å². The number of amides is 1. The van der Waals surface area contributed by atoms with Crippen LogP contribution in [0.1, 0.15) is 20.3 Å². The second-order valence-corrected chi connectivity index (χ2v) is 6.90. The minimum atomic E-state index is -3.72. The van der Waals surface area contributed by atoms with Crippen LogP contribution >= 0.6 is 0 Å². The number of benzene rings is 1. The summed E-state index contributed by atoms with van der Waals surface area (Å²) in [6.45, 7) is 3.83. The zero-order chi connectivity index (χ0) is 14.9. The highest BCUT2D eigenvalue weighted by Crippen LogP contribution is 2.33. The molecule has 1 aliphatic rings. The average molecular weight is 298 g/mol. The summed E-state index contributed by atoms with van der Waals surface area (Å²) in [7, 11) is -3.72. The molecule has 1 heterocycles. The number of carbonyl (C=O) groups excluding carboxylic acids is 1. The molecule has 1 aliphatic heterocycles. The molecule has 0 radical (unpaired) electrons. The van der Waals surface area contributed by atoms with Crippen molar-refractivity contribution in [2.45, 2.75) is 31.6 Å². The predicted octanol–water partition coefficient (Wildman–Crippen LogP) is 0.868. The van der Waals surface area contributed by atoms with Crippen LogP contribution in [-0.2, 0) is 14.8 Å². The van der Waals surface area contributed by atoms with Gasteiger partial charge in [0.05, 0.1) is 11.8 Å². The van der Waals surface area contributed by atoms with Gasteiger partial charge in [-0.25, -0.2) is 13.6 Å². The van der Waals surface area contributed by atoms with Crippen LogP contribution in [0.15, 0.2) is 24.3 Å². The molecular weight excluding hydrogens is 280 g/mol. The molecule has 1 aromatic carbocycles. The molecule has 1 amide bonds. The van der Waals surface area contributed by atoms with Gasteiger partial charge in [-0.2, -0.15) is 0 Å². The second-order valence-electron chi connectivity index (χ2n) is 5.05. The van der Waals surface area contributed by atoms with Gasteiger partial charge in [-0.1, -0.05) is 12.1 Å². The van der Waals surface area contributed by atoms with Gasteiger partial charge in [0.15, 0.2) is 0 Å². The number of nitrogens with zero attached hydrogens (tertiary/aromatic N) is 1. The van der Waals surface area contributed by atoms with Crippen molar-refractivity contribution in [3.05, 3.63) is 24.3 Å². The molecule has 1 aromatic rings. The molecule has 1 atom stereocenters. The number of hydrogen-bond acceptors (Lipinski definition) is 4. The van der Waals surface area contributed by atoms with Crippen molar-refractivity contribution in [3.8, 4) is 5.75 Å². The van der Waals surface area contributed by atoms with E-state index in [1.54, 1.807) is 24.3 Å². The van der Waals surface area contributed by atoms with Gasteiger partial charge in [0.2, 0.25) is 15.9 Å². The Bertz CT molecular complexity index is 613. The Morgan fingerprint density at radius 3 is 2.55 bits per heavy atom. The van der Waals surface area contributed by atoms with Gasteiger partial charge in [-0.3, -0.25) is 4.79 Å². The standard InChI is InChI=1S/C13H18N2O4S/c1-9(2)19-12-6-4-3-5-11(12)15-8-10(7-13(15)16)20(14,17)18/h3-6,9-10H,7-8H2,1-2H3,(H2,14,17,18). The largest absolute Gasteiger partial charge is 0.489 e. The highest BCUT2D eigenvalue weighted by molar-refractivity contribution is 7.89. The summed E-state index contributed by atoms with van der Waals surface area (Å²) < 4.78 is 28.4. The Morgan fingerprint density at radius 2 is 2.00 bits per heavy atom. The summed E-state index contributed by atoms with van der Waals surface area (Å²) in [4.78, 5) is 13.4. The van der Waals surface area contributed by atoms with Crippen LogP contribution in [0.4, 0.5) is 5.69 Å². The van der Waals surface area contributed by atoms with Crippen molar-refractivity contribution in [3.63, 3.8) is 0 Å². The fraction of sp³-hybridized carbons (Fsp3) is 0.462. The first kappa shape index (κ1) is 14.8. The summed E-state index contributed by atoms with van der Waals surface area (Å²) in [5.74, 6) is 0.301. The van der Waals surface area contributed by atoms with Crippen molar-refractivity contribution in [2.75, 3.05) is 11.4 Å². The number of para-hydroxylation sites is 2. The van der Waals surface area contributed by atoms with Crippen molar-refractivity contribution in [2.24, 2.45) is 5.14 Å². The molecule has 0 saturated carbocycles. The quantitative estimate of drug-likeness (QED) is 0.893. The van der Waals surface area contributed by atoms with Crippen LogP contribution in [0.3, 0.4) is 0 Å². The van der Waals surface area contributed by atoms with Crippen LogP contribution in [0.2, 0.25) is 0 Å². The van der Waals surface area contributed by atoms with E-state index in [9.17, 15) is 13.2 Å². The average Bonchev–Trinajstić information content (AvgIpc) is 2.71. The summed E-state index contributed by atoms with van der Waals surface area (Å²) in [6.07, 6.45) is -0.127. The minimum Gasteiger partial charge on any atom is -0.489 e. The molecule has 1 unspecified atom stereocenters. The summed E-state index contributed by atoms with van der Waals surface area (Å²) in [5, 5.41) is 4.26. The molecule has 20 heavy (non-hydrogen) atoms. The number of hydrogen-bond donors (Lipinski definition) is 1. The van der Waals surface area contributed by atoms with E-state index < -0.39 is 15.3 Å². The zero-order valence-corrected chi connectivity index (χ0v) is 12.3. The molecule has 6 nitrogen and oxygen atoms in total. The molecule has 2 rings (SSSR count). The van der Waals surface area contributed by atoms with Crippen LogP contribution < -0.4 is 14.8 Å². The smallest absolute Gasteiger partial charge is 0.228 e. The monoisotopic (exact) mass is 298 g/mol. The third kappa shape index (κ3) is 3.10. The first-order valence-corrected chi connectivity index (χ1v) is 7.97. The third-order valence-corrected chi connectivity index (χ3v) is 4.32. The number of sulfonamides is 1. The SMILES string of the molecule is CC(C)Oc1ccccc1N1CC(S(N)(=O)=O)CC1=O. The minimum absolute atomic E-state index is 0.0390. The molecule has 0 bridgehead atoms. The summed E-state index contributed by atoms with van der Waals surface area (Å²) in [5.41, 5.74) is 0.581. The number of ether oxygens (including phenoxy) is 1. The van der Waals surface area contributed by atoms with E-state index in [-0.39, 0.29) is 25.0 Å². The maximum Gasteiger partial charge on any atom is 0.228 e. The van der Waals surface area contributed by atoms with Gasteiger partial charge in [-0.05, 0) is 26.0 Å². The first-order chi connectivity index (χ1) is 9.29. The van der Waals surface area contributed by atoms with E-state index in [1.165, 1.54) is 4.90 Å².